The standard InChI is InChI=1S/C48H48N2/c1-48(2)44-28-37(20-21-38(44)40-22-23-41-39-6-4-5-7-45(39)49(3)47(41)46(40)48)50(35-16-12-31(13-17-35)42-26-29-8-10-33(42)24-29)36-18-14-32(15-19-36)43-27-30-9-11-34(43)25-30/h4-7,12-23,28-30,33-34,42-43H,8-11,24-27H2,1-3H3. The summed E-state index contributed by atoms with van der Waals surface area (Å²) in [7, 11) is 2.25. The summed E-state index contributed by atoms with van der Waals surface area (Å²) < 4.78 is 2.43. The molecule has 0 N–H and O–H groups in total. The second kappa shape index (κ2) is 10.6. The topological polar surface area (TPSA) is 8.17 Å². The quantitative estimate of drug-likeness (QED) is 0.180. The number of nitrogens with zero attached hydrogens (tertiary/aromatic N) is 2. The predicted molar refractivity (Wildman–Crippen MR) is 209 cm³/mol. The van der Waals surface area contributed by atoms with Crippen molar-refractivity contribution >= 4 is 38.9 Å². The minimum atomic E-state index is -0.134. The lowest BCUT2D eigenvalue weighted by atomic mass is 9.81. The minimum Gasteiger partial charge on any atom is -0.343 e. The van der Waals surface area contributed by atoms with E-state index in [4.69, 9.17) is 0 Å². The molecule has 0 aliphatic heterocycles. The summed E-state index contributed by atoms with van der Waals surface area (Å²) in [5.41, 5.74) is 15.0. The van der Waals surface area contributed by atoms with Gasteiger partial charge in [0.15, 0.2) is 0 Å². The highest BCUT2D eigenvalue weighted by Gasteiger charge is 2.42. The van der Waals surface area contributed by atoms with E-state index in [-0.39, 0.29) is 5.41 Å². The van der Waals surface area contributed by atoms with E-state index in [1.165, 1.54) is 112 Å². The third kappa shape index (κ3) is 4.14. The Hall–Kier alpha value is -4.30. The number of para-hydroxylation sites is 1. The molecule has 2 heteroatoms. The lowest BCUT2D eigenvalue weighted by molar-refractivity contribution is 0.420. The van der Waals surface area contributed by atoms with Crippen LogP contribution in [0.2, 0.25) is 0 Å². The predicted octanol–water partition coefficient (Wildman–Crippen LogP) is 12.9. The molecule has 50 heavy (non-hydrogen) atoms. The van der Waals surface area contributed by atoms with E-state index < -0.39 is 0 Å². The Kier molecular flexibility index (Phi) is 6.25. The Balaban J connectivity index is 1.02. The maximum absolute atomic E-state index is 2.53. The number of anilines is 3. The third-order valence-electron chi connectivity index (χ3n) is 14.6. The Labute approximate surface area is 297 Å². The summed E-state index contributed by atoms with van der Waals surface area (Å²) in [5, 5.41) is 2.70. The van der Waals surface area contributed by atoms with Crippen LogP contribution in [-0.2, 0) is 12.5 Å². The highest BCUT2D eigenvalue weighted by Crippen LogP contribution is 2.56. The Bertz CT molecular complexity index is 2230. The van der Waals surface area contributed by atoms with Crippen molar-refractivity contribution in [1.82, 2.24) is 4.57 Å². The van der Waals surface area contributed by atoms with Crippen LogP contribution >= 0.6 is 0 Å². The fourth-order valence-corrected chi connectivity index (χ4v) is 12.2. The zero-order chi connectivity index (χ0) is 33.3. The fraction of sp³-hybridized carbons (Fsp3) is 0.375. The van der Waals surface area contributed by atoms with Gasteiger partial charge in [0.1, 0.15) is 0 Å². The molecule has 11 rings (SSSR count). The molecule has 1 heterocycles. The van der Waals surface area contributed by atoms with Gasteiger partial charge in [-0.2, -0.15) is 0 Å². The first-order valence-electron chi connectivity index (χ1n) is 19.6. The molecule has 4 saturated carbocycles. The van der Waals surface area contributed by atoms with Crippen LogP contribution in [0, 0.1) is 23.7 Å². The number of fused-ring (bicyclic) bond motifs is 11. The summed E-state index contributed by atoms with van der Waals surface area (Å²) >= 11 is 0. The molecule has 0 amide bonds. The van der Waals surface area contributed by atoms with Gasteiger partial charge in [0, 0.05) is 45.8 Å². The first-order chi connectivity index (χ1) is 24.4. The van der Waals surface area contributed by atoms with Crippen LogP contribution in [0.3, 0.4) is 0 Å². The second-order valence-corrected chi connectivity index (χ2v) is 17.4. The van der Waals surface area contributed by atoms with Crippen LogP contribution in [0.15, 0.2) is 103 Å². The van der Waals surface area contributed by atoms with Crippen molar-refractivity contribution in [1.29, 1.82) is 0 Å². The molecular weight excluding hydrogens is 605 g/mol. The maximum atomic E-state index is 2.53. The van der Waals surface area contributed by atoms with Gasteiger partial charge in [-0.25, -0.2) is 0 Å². The molecule has 5 aliphatic carbocycles. The molecule has 5 aliphatic rings. The zero-order valence-corrected chi connectivity index (χ0v) is 29.8. The SMILES string of the molecule is Cn1c2ccccc2c2ccc3c(c21)C(C)(C)c1cc(N(c2ccc(C4CC5CCC4C5)cc2)c2ccc(C4CC5CCC4C5)cc2)ccc1-3. The van der Waals surface area contributed by atoms with Crippen molar-refractivity contribution in [3.63, 3.8) is 0 Å². The monoisotopic (exact) mass is 652 g/mol. The van der Waals surface area contributed by atoms with E-state index in [2.05, 4.69) is 133 Å². The van der Waals surface area contributed by atoms with Gasteiger partial charge < -0.3 is 9.47 Å². The van der Waals surface area contributed by atoms with Gasteiger partial charge in [-0.15, -0.1) is 0 Å². The van der Waals surface area contributed by atoms with Crippen LogP contribution in [0.4, 0.5) is 17.1 Å². The lowest BCUT2D eigenvalue weighted by Crippen LogP contribution is -2.18. The average molecular weight is 653 g/mol. The number of rotatable bonds is 5. The summed E-state index contributed by atoms with van der Waals surface area (Å²) in [6.07, 6.45) is 11.4. The Morgan fingerprint density at radius 1 is 0.580 bits per heavy atom. The third-order valence-corrected chi connectivity index (χ3v) is 14.6. The normalized spacial score (nSPS) is 27.0. The smallest absolute Gasteiger partial charge is 0.0536 e. The van der Waals surface area contributed by atoms with Crippen LogP contribution < -0.4 is 4.90 Å². The summed E-state index contributed by atoms with van der Waals surface area (Å²) in [5.74, 6) is 5.22. The molecule has 1 aromatic heterocycles. The van der Waals surface area contributed by atoms with E-state index in [1.807, 2.05) is 0 Å². The van der Waals surface area contributed by atoms with Gasteiger partial charge in [0.05, 0.1) is 5.52 Å². The van der Waals surface area contributed by atoms with Crippen LogP contribution in [-0.4, -0.2) is 4.57 Å². The molecule has 5 aromatic carbocycles. The van der Waals surface area contributed by atoms with E-state index in [9.17, 15) is 0 Å². The lowest BCUT2D eigenvalue weighted by Gasteiger charge is -2.29. The molecule has 250 valence electrons. The van der Waals surface area contributed by atoms with Crippen molar-refractivity contribution in [3.8, 4) is 11.1 Å². The first-order valence-corrected chi connectivity index (χ1v) is 19.6. The molecule has 0 saturated heterocycles. The molecular formula is C48H48N2. The second-order valence-electron chi connectivity index (χ2n) is 17.4. The number of aryl methyl sites for hydroxylation is 1. The van der Waals surface area contributed by atoms with E-state index in [0.29, 0.717) is 0 Å². The summed E-state index contributed by atoms with van der Waals surface area (Å²) in [6, 6.07) is 40.4. The fourth-order valence-electron chi connectivity index (χ4n) is 12.2. The largest absolute Gasteiger partial charge is 0.343 e. The number of hydrogen-bond acceptors (Lipinski definition) is 1. The van der Waals surface area contributed by atoms with Gasteiger partial charge in [-0.05, 0) is 150 Å². The zero-order valence-electron chi connectivity index (χ0n) is 29.8. The van der Waals surface area contributed by atoms with Gasteiger partial charge >= 0.3 is 0 Å². The average Bonchev–Trinajstić information content (AvgIpc) is 4.02. The van der Waals surface area contributed by atoms with E-state index in [0.717, 1.165) is 35.5 Å². The van der Waals surface area contributed by atoms with Gasteiger partial charge in [-0.1, -0.05) is 87.4 Å². The van der Waals surface area contributed by atoms with E-state index in [1.54, 1.807) is 11.1 Å². The van der Waals surface area contributed by atoms with Crippen LogP contribution in [0.25, 0.3) is 32.9 Å². The molecule has 0 spiro atoms. The minimum absolute atomic E-state index is 0.134. The van der Waals surface area contributed by atoms with Crippen molar-refractivity contribution < 1.29 is 0 Å². The van der Waals surface area contributed by atoms with Gasteiger partial charge in [0.2, 0.25) is 0 Å². The van der Waals surface area contributed by atoms with Crippen molar-refractivity contribution in [2.75, 3.05) is 4.90 Å². The molecule has 6 aromatic rings. The molecule has 0 radical (unpaired) electrons. The van der Waals surface area contributed by atoms with Crippen LogP contribution in [0.1, 0.15) is 99.3 Å². The maximum Gasteiger partial charge on any atom is 0.0536 e. The van der Waals surface area contributed by atoms with Crippen molar-refractivity contribution in [2.45, 2.75) is 82.5 Å². The van der Waals surface area contributed by atoms with Gasteiger partial charge in [0.25, 0.3) is 0 Å². The molecule has 6 unspecified atom stereocenters. The number of aromatic nitrogens is 1. The van der Waals surface area contributed by atoms with Crippen molar-refractivity contribution in [3.05, 3.63) is 125 Å². The molecule has 4 bridgehead atoms. The number of benzene rings is 5. The Morgan fingerprint density at radius 3 is 1.74 bits per heavy atom. The number of hydrogen-bond donors (Lipinski definition) is 0. The Morgan fingerprint density at radius 2 is 1.16 bits per heavy atom. The molecule has 4 fully saturated rings. The van der Waals surface area contributed by atoms with E-state index >= 15 is 0 Å². The highest BCUT2D eigenvalue weighted by molar-refractivity contribution is 6.12. The van der Waals surface area contributed by atoms with Crippen molar-refractivity contribution in [2.24, 2.45) is 30.7 Å². The summed E-state index contributed by atoms with van der Waals surface area (Å²) in [6.45, 7) is 4.88. The van der Waals surface area contributed by atoms with Gasteiger partial charge in [-0.3, -0.25) is 0 Å². The summed E-state index contributed by atoms with van der Waals surface area (Å²) in [4.78, 5) is 2.53. The molecule has 2 nitrogen and oxygen atoms in total. The highest BCUT2D eigenvalue weighted by atomic mass is 15.1. The molecule has 6 atom stereocenters. The van der Waals surface area contributed by atoms with Crippen LogP contribution in [0.5, 0.6) is 0 Å². The first kappa shape index (κ1) is 29.4.